The molecule has 0 fully saturated rings. The predicted molar refractivity (Wildman–Crippen MR) is 151 cm³/mol. The van der Waals surface area contributed by atoms with Gasteiger partial charge in [-0.1, -0.05) is 65.7 Å². The number of hydrogen-bond acceptors (Lipinski definition) is 6. The Morgan fingerprint density at radius 2 is 1.82 bits per heavy atom. The van der Waals surface area contributed by atoms with Crippen molar-refractivity contribution >= 4 is 57.3 Å². The number of nitriles is 1. The number of amides is 1. The monoisotopic (exact) mass is 561 g/mol. The highest BCUT2D eigenvalue weighted by Crippen LogP contribution is 2.38. The quantitative estimate of drug-likeness (QED) is 0.0974. The van der Waals surface area contributed by atoms with Crippen LogP contribution in [0, 0.1) is 21.4 Å². The summed E-state index contributed by atoms with van der Waals surface area (Å²) in [6.07, 6.45) is 1.32. The van der Waals surface area contributed by atoms with Crippen LogP contribution < -0.4 is 14.8 Å². The van der Waals surface area contributed by atoms with E-state index in [4.69, 9.17) is 32.7 Å². The number of nitro groups is 1. The molecule has 0 atom stereocenters. The number of nitro benzene ring substituents is 1. The minimum atomic E-state index is -0.801. The van der Waals surface area contributed by atoms with E-state index in [9.17, 15) is 20.2 Å². The average molecular weight is 562 g/mol. The van der Waals surface area contributed by atoms with E-state index in [0.29, 0.717) is 23.7 Å². The van der Waals surface area contributed by atoms with Crippen molar-refractivity contribution in [1.82, 2.24) is 0 Å². The third kappa shape index (κ3) is 6.47. The van der Waals surface area contributed by atoms with Crippen molar-refractivity contribution in [3.05, 3.63) is 110 Å². The third-order valence-corrected chi connectivity index (χ3v) is 6.28. The molecule has 0 bridgehead atoms. The lowest BCUT2D eigenvalue weighted by Crippen LogP contribution is -2.14. The SMILES string of the molecule is CCOc1cc(/C=C(\C#N)C(=O)Nc2cc([N+](=O)[O-])ccc2Cl)cc(Cl)c1OCc1cccc2ccccc12. The summed E-state index contributed by atoms with van der Waals surface area (Å²) < 4.78 is 11.8. The van der Waals surface area contributed by atoms with E-state index in [0.717, 1.165) is 22.4 Å². The lowest BCUT2D eigenvalue weighted by atomic mass is 10.1. The van der Waals surface area contributed by atoms with Crippen LogP contribution in [0.2, 0.25) is 10.0 Å². The molecule has 0 spiro atoms. The summed E-state index contributed by atoms with van der Waals surface area (Å²) in [5.41, 5.74) is 0.851. The Morgan fingerprint density at radius 1 is 1.05 bits per heavy atom. The Labute approximate surface area is 234 Å². The maximum atomic E-state index is 12.8. The van der Waals surface area contributed by atoms with Gasteiger partial charge in [0.2, 0.25) is 0 Å². The van der Waals surface area contributed by atoms with Crippen molar-refractivity contribution in [3.8, 4) is 17.6 Å². The van der Waals surface area contributed by atoms with Crippen LogP contribution in [-0.4, -0.2) is 17.4 Å². The lowest BCUT2D eigenvalue weighted by molar-refractivity contribution is -0.384. The highest BCUT2D eigenvalue weighted by atomic mass is 35.5. The van der Waals surface area contributed by atoms with Crippen molar-refractivity contribution in [3.63, 3.8) is 0 Å². The fraction of sp³-hybridized carbons (Fsp3) is 0.103. The standard InChI is InChI=1S/C29H21Cl2N3O5/c1-2-38-27-14-18(12-21(16-32)29(35)33-26-15-22(34(36)37)10-11-24(26)30)13-25(31)28(27)39-17-20-8-5-7-19-6-3-4-9-23(19)20/h3-15H,2,17H2,1H3,(H,33,35)/b21-12+. The summed E-state index contributed by atoms with van der Waals surface area (Å²) in [4.78, 5) is 23.2. The van der Waals surface area contributed by atoms with Gasteiger partial charge in [0.05, 0.1) is 27.3 Å². The van der Waals surface area contributed by atoms with Crippen molar-refractivity contribution in [2.75, 3.05) is 11.9 Å². The first-order chi connectivity index (χ1) is 18.8. The summed E-state index contributed by atoms with van der Waals surface area (Å²) in [5.74, 6) is -0.129. The number of carbonyl (C=O) groups excluding carboxylic acids is 1. The summed E-state index contributed by atoms with van der Waals surface area (Å²) >= 11 is 12.6. The van der Waals surface area contributed by atoms with Crippen LogP contribution in [0.15, 0.2) is 78.4 Å². The second-order valence-electron chi connectivity index (χ2n) is 8.24. The molecule has 0 unspecified atom stereocenters. The molecule has 1 N–H and O–H groups in total. The first-order valence-corrected chi connectivity index (χ1v) is 12.5. The van der Waals surface area contributed by atoms with Gasteiger partial charge >= 0.3 is 0 Å². The number of hydrogen-bond donors (Lipinski definition) is 1. The zero-order chi connectivity index (χ0) is 27.9. The Morgan fingerprint density at radius 3 is 2.56 bits per heavy atom. The van der Waals surface area contributed by atoms with Crippen molar-refractivity contribution in [2.45, 2.75) is 13.5 Å². The van der Waals surface area contributed by atoms with E-state index >= 15 is 0 Å². The minimum absolute atomic E-state index is 0.00207. The molecule has 0 aliphatic carbocycles. The number of nitrogens with zero attached hydrogens (tertiary/aromatic N) is 2. The maximum absolute atomic E-state index is 12.8. The minimum Gasteiger partial charge on any atom is -0.490 e. The van der Waals surface area contributed by atoms with E-state index < -0.39 is 10.8 Å². The van der Waals surface area contributed by atoms with Gasteiger partial charge in [-0.15, -0.1) is 0 Å². The molecule has 4 aromatic carbocycles. The van der Waals surface area contributed by atoms with Gasteiger partial charge in [-0.3, -0.25) is 14.9 Å². The maximum Gasteiger partial charge on any atom is 0.271 e. The first kappa shape index (κ1) is 27.5. The molecule has 0 saturated carbocycles. The summed E-state index contributed by atoms with van der Waals surface area (Å²) in [5, 5.41) is 25.6. The van der Waals surface area contributed by atoms with Gasteiger partial charge in [-0.25, -0.2) is 0 Å². The molecule has 4 rings (SSSR count). The molecule has 4 aromatic rings. The number of benzene rings is 4. The smallest absolute Gasteiger partial charge is 0.271 e. The normalized spacial score (nSPS) is 11.1. The Balaban J connectivity index is 1.60. The van der Waals surface area contributed by atoms with Crippen molar-refractivity contribution in [2.24, 2.45) is 0 Å². The summed E-state index contributed by atoms with van der Waals surface area (Å²) in [7, 11) is 0. The molecule has 0 radical (unpaired) electrons. The molecule has 0 aliphatic rings. The van der Waals surface area contributed by atoms with Crippen LogP contribution in [0.1, 0.15) is 18.1 Å². The van der Waals surface area contributed by atoms with E-state index in [1.807, 2.05) is 55.5 Å². The van der Waals surface area contributed by atoms with E-state index in [2.05, 4.69) is 5.32 Å². The topological polar surface area (TPSA) is 114 Å². The van der Waals surface area contributed by atoms with E-state index in [-0.39, 0.29) is 33.6 Å². The third-order valence-electron chi connectivity index (χ3n) is 5.67. The molecule has 0 saturated heterocycles. The Kier molecular flexibility index (Phi) is 8.67. The highest BCUT2D eigenvalue weighted by Gasteiger charge is 2.17. The number of fused-ring (bicyclic) bond motifs is 1. The largest absolute Gasteiger partial charge is 0.490 e. The number of non-ortho nitro benzene ring substituents is 1. The zero-order valence-electron chi connectivity index (χ0n) is 20.6. The lowest BCUT2D eigenvalue weighted by Gasteiger charge is -2.15. The molecule has 196 valence electrons. The highest BCUT2D eigenvalue weighted by molar-refractivity contribution is 6.34. The molecule has 0 heterocycles. The zero-order valence-corrected chi connectivity index (χ0v) is 22.1. The van der Waals surface area contributed by atoms with Crippen LogP contribution in [0.5, 0.6) is 11.5 Å². The molecular weight excluding hydrogens is 541 g/mol. The van der Waals surface area contributed by atoms with Gasteiger partial charge in [0.1, 0.15) is 18.2 Å². The Bertz CT molecular complexity index is 1640. The van der Waals surface area contributed by atoms with Gasteiger partial charge in [0, 0.05) is 12.1 Å². The average Bonchev–Trinajstić information content (AvgIpc) is 2.92. The second-order valence-corrected chi connectivity index (χ2v) is 9.05. The van der Waals surface area contributed by atoms with Gasteiger partial charge in [0.15, 0.2) is 11.5 Å². The van der Waals surface area contributed by atoms with Gasteiger partial charge in [0.25, 0.3) is 11.6 Å². The molecule has 1 amide bonds. The van der Waals surface area contributed by atoms with Crippen LogP contribution in [0.3, 0.4) is 0 Å². The number of nitrogens with one attached hydrogen (secondary N) is 1. The predicted octanol–water partition coefficient (Wildman–Crippen LogP) is 7.58. The molecule has 0 aliphatic heterocycles. The molecule has 39 heavy (non-hydrogen) atoms. The Hall–Kier alpha value is -4.58. The first-order valence-electron chi connectivity index (χ1n) is 11.7. The number of rotatable bonds is 9. The van der Waals surface area contributed by atoms with Crippen molar-refractivity contribution in [1.29, 1.82) is 5.26 Å². The summed E-state index contributed by atoms with van der Waals surface area (Å²) in [6, 6.07) is 22.5. The van der Waals surface area contributed by atoms with Crippen molar-refractivity contribution < 1.29 is 19.2 Å². The van der Waals surface area contributed by atoms with Gasteiger partial charge in [-0.2, -0.15) is 5.26 Å². The number of halogens is 2. The number of anilines is 1. The molecule has 0 aromatic heterocycles. The van der Waals surface area contributed by atoms with Crippen LogP contribution in [0.25, 0.3) is 16.8 Å². The second kappa shape index (κ2) is 12.3. The van der Waals surface area contributed by atoms with Crippen LogP contribution in [0.4, 0.5) is 11.4 Å². The number of ether oxygens (including phenoxy) is 2. The number of carbonyl (C=O) groups is 1. The van der Waals surface area contributed by atoms with Crippen LogP contribution in [-0.2, 0) is 11.4 Å². The fourth-order valence-corrected chi connectivity index (χ4v) is 4.31. The van der Waals surface area contributed by atoms with Gasteiger partial charge < -0.3 is 14.8 Å². The van der Waals surface area contributed by atoms with Gasteiger partial charge in [-0.05, 0) is 53.1 Å². The molecule has 10 heteroatoms. The van der Waals surface area contributed by atoms with E-state index in [1.54, 1.807) is 12.1 Å². The molecular formula is C29H21Cl2N3O5. The fourth-order valence-electron chi connectivity index (χ4n) is 3.87. The summed E-state index contributed by atoms with van der Waals surface area (Å²) in [6.45, 7) is 2.37. The molecule has 8 nitrogen and oxygen atoms in total. The van der Waals surface area contributed by atoms with E-state index in [1.165, 1.54) is 18.2 Å². The van der Waals surface area contributed by atoms with Crippen LogP contribution >= 0.6 is 23.2 Å².